The van der Waals surface area contributed by atoms with Crippen LogP contribution >= 0.6 is 0 Å². The van der Waals surface area contributed by atoms with Gasteiger partial charge in [0.05, 0.1) is 5.92 Å². The summed E-state index contributed by atoms with van der Waals surface area (Å²) in [7, 11) is 7.73. The van der Waals surface area contributed by atoms with Crippen molar-refractivity contribution in [1.82, 2.24) is 15.1 Å². The fourth-order valence-electron chi connectivity index (χ4n) is 2.00. The van der Waals surface area contributed by atoms with Gasteiger partial charge in [-0.3, -0.25) is 4.79 Å². The summed E-state index contributed by atoms with van der Waals surface area (Å²) in [4.78, 5) is 15.7. The van der Waals surface area contributed by atoms with Gasteiger partial charge in [-0.15, -0.1) is 0 Å². The van der Waals surface area contributed by atoms with Gasteiger partial charge in [-0.25, -0.2) is 0 Å². The monoisotopic (exact) mass is 199 g/mol. The lowest BCUT2D eigenvalue weighted by Gasteiger charge is -2.36. The molecule has 2 atom stereocenters. The van der Waals surface area contributed by atoms with E-state index < -0.39 is 0 Å². The van der Waals surface area contributed by atoms with Crippen molar-refractivity contribution in [2.75, 3.05) is 41.3 Å². The number of hydrogen-bond acceptors (Lipinski definition) is 3. The smallest absolute Gasteiger partial charge is 0.226 e. The summed E-state index contributed by atoms with van der Waals surface area (Å²) in [5, 5.41) is 3.33. The van der Waals surface area contributed by atoms with Crippen molar-refractivity contribution in [2.24, 2.45) is 5.92 Å². The highest BCUT2D eigenvalue weighted by molar-refractivity contribution is 5.79. The van der Waals surface area contributed by atoms with Crippen LogP contribution in [0.1, 0.15) is 6.42 Å². The van der Waals surface area contributed by atoms with Gasteiger partial charge in [0.1, 0.15) is 0 Å². The van der Waals surface area contributed by atoms with Crippen LogP contribution in [0.15, 0.2) is 0 Å². The van der Waals surface area contributed by atoms with E-state index in [1.54, 1.807) is 4.90 Å². The number of nitrogens with one attached hydrogen (secondary N) is 1. The fourth-order valence-corrected chi connectivity index (χ4v) is 2.00. The van der Waals surface area contributed by atoms with Crippen LogP contribution in [0.25, 0.3) is 0 Å². The van der Waals surface area contributed by atoms with Gasteiger partial charge >= 0.3 is 0 Å². The fraction of sp³-hybridized carbons (Fsp3) is 0.900. The molecule has 0 aromatic carbocycles. The first-order valence-electron chi connectivity index (χ1n) is 5.12. The third kappa shape index (κ3) is 2.45. The average Bonchev–Trinajstić information content (AvgIpc) is 2.16. The Kier molecular flexibility index (Phi) is 3.89. The third-order valence-electron chi connectivity index (χ3n) is 2.87. The van der Waals surface area contributed by atoms with Gasteiger partial charge in [0, 0.05) is 26.7 Å². The van der Waals surface area contributed by atoms with Gasteiger partial charge in [-0.1, -0.05) is 0 Å². The first kappa shape index (κ1) is 11.5. The molecule has 0 spiro atoms. The van der Waals surface area contributed by atoms with Crippen LogP contribution in [-0.4, -0.2) is 63.0 Å². The maximum Gasteiger partial charge on any atom is 0.226 e. The molecule has 0 bridgehead atoms. The summed E-state index contributed by atoms with van der Waals surface area (Å²) in [6.07, 6.45) is 0.944. The lowest BCUT2D eigenvalue weighted by Crippen LogP contribution is -2.53. The summed E-state index contributed by atoms with van der Waals surface area (Å²) in [6, 6.07) is 0.332. The number of likely N-dealkylation sites (N-methyl/N-ethyl adjacent to an activating group) is 1. The Morgan fingerprint density at radius 1 is 1.29 bits per heavy atom. The van der Waals surface area contributed by atoms with Crippen LogP contribution in [0.4, 0.5) is 0 Å². The number of piperidine rings is 1. The molecule has 14 heavy (non-hydrogen) atoms. The quantitative estimate of drug-likeness (QED) is 0.658. The lowest BCUT2D eigenvalue weighted by atomic mass is 9.91. The van der Waals surface area contributed by atoms with E-state index in [2.05, 4.69) is 10.2 Å². The number of nitrogens with zero attached hydrogens (tertiary/aromatic N) is 2. The number of amides is 1. The van der Waals surface area contributed by atoms with E-state index in [9.17, 15) is 4.79 Å². The highest BCUT2D eigenvalue weighted by Crippen LogP contribution is 2.18. The molecule has 0 aromatic heterocycles. The number of rotatable bonds is 2. The second-order valence-electron chi connectivity index (χ2n) is 4.36. The topological polar surface area (TPSA) is 35.6 Å². The van der Waals surface area contributed by atoms with Crippen molar-refractivity contribution in [3.63, 3.8) is 0 Å². The molecule has 4 nitrogen and oxygen atoms in total. The van der Waals surface area contributed by atoms with Gasteiger partial charge in [-0.2, -0.15) is 0 Å². The zero-order valence-corrected chi connectivity index (χ0v) is 9.58. The maximum absolute atomic E-state index is 11.9. The Morgan fingerprint density at radius 2 is 1.93 bits per heavy atom. The third-order valence-corrected chi connectivity index (χ3v) is 2.87. The normalized spacial score (nSPS) is 27.8. The molecule has 4 heteroatoms. The number of hydrogen-bond donors (Lipinski definition) is 1. The minimum absolute atomic E-state index is 0.154. The second kappa shape index (κ2) is 4.75. The Bertz CT molecular complexity index is 204. The van der Waals surface area contributed by atoms with Crippen LogP contribution in [0, 0.1) is 5.92 Å². The molecule has 1 aliphatic rings. The molecule has 82 valence electrons. The van der Waals surface area contributed by atoms with Crippen LogP contribution in [0.2, 0.25) is 0 Å². The highest BCUT2D eigenvalue weighted by Gasteiger charge is 2.32. The van der Waals surface area contributed by atoms with Crippen molar-refractivity contribution in [2.45, 2.75) is 12.5 Å². The van der Waals surface area contributed by atoms with E-state index in [1.165, 1.54) is 0 Å². The zero-order valence-electron chi connectivity index (χ0n) is 9.58. The summed E-state index contributed by atoms with van der Waals surface area (Å²) in [6.45, 7) is 1.87. The minimum Gasteiger partial charge on any atom is -0.349 e. The van der Waals surface area contributed by atoms with Crippen LogP contribution < -0.4 is 5.32 Å². The first-order valence-corrected chi connectivity index (χ1v) is 5.12. The Morgan fingerprint density at radius 3 is 2.43 bits per heavy atom. The molecule has 0 aromatic rings. The van der Waals surface area contributed by atoms with Crippen molar-refractivity contribution in [3.8, 4) is 0 Å². The van der Waals surface area contributed by atoms with Crippen LogP contribution in [-0.2, 0) is 4.79 Å². The summed E-state index contributed by atoms with van der Waals surface area (Å²) in [5.41, 5.74) is 0. The number of carbonyl (C=O) groups excluding carboxylic acids is 1. The maximum atomic E-state index is 11.9. The molecule has 1 amide bonds. The van der Waals surface area contributed by atoms with E-state index in [-0.39, 0.29) is 11.8 Å². The van der Waals surface area contributed by atoms with Gasteiger partial charge in [0.2, 0.25) is 5.91 Å². The van der Waals surface area contributed by atoms with E-state index in [4.69, 9.17) is 0 Å². The SMILES string of the molecule is CN(C)C(=O)[C@@H]1CCNC[C@H]1N(C)C. The van der Waals surface area contributed by atoms with Gasteiger partial charge in [0.15, 0.2) is 0 Å². The minimum atomic E-state index is 0.154. The van der Waals surface area contributed by atoms with Crippen molar-refractivity contribution in [3.05, 3.63) is 0 Å². The molecule has 1 fully saturated rings. The molecule has 1 N–H and O–H groups in total. The summed E-state index contributed by atoms with van der Waals surface area (Å²) in [5.74, 6) is 0.409. The van der Waals surface area contributed by atoms with E-state index in [1.807, 2.05) is 28.2 Å². The molecule has 1 rings (SSSR count). The molecular weight excluding hydrogens is 178 g/mol. The lowest BCUT2D eigenvalue weighted by molar-refractivity contribution is -0.135. The largest absolute Gasteiger partial charge is 0.349 e. The van der Waals surface area contributed by atoms with E-state index in [0.717, 1.165) is 19.5 Å². The second-order valence-corrected chi connectivity index (χ2v) is 4.36. The van der Waals surface area contributed by atoms with Crippen molar-refractivity contribution in [1.29, 1.82) is 0 Å². The predicted octanol–water partition coefficient (Wildman–Crippen LogP) is -0.386. The van der Waals surface area contributed by atoms with Gasteiger partial charge in [-0.05, 0) is 27.1 Å². The molecule has 0 radical (unpaired) electrons. The molecule has 0 aliphatic carbocycles. The zero-order chi connectivity index (χ0) is 10.7. The molecular formula is C10H21N3O. The molecule has 1 heterocycles. The van der Waals surface area contributed by atoms with Crippen molar-refractivity contribution >= 4 is 5.91 Å². The van der Waals surface area contributed by atoms with E-state index in [0.29, 0.717) is 6.04 Å². The molecule has 1 aliphatic heterocycles. The Hall–Kier alpha value is -0.610. The standard InChI is InChI=1S/C10H21N3O/c1-12(2)9-7-11-6-5-8(9)10(14)13(3)4/h8-9,11H,5-7H2,1-4H3/t8-,9-/m1/s1. The Balaban J connectivity index is 2.67. The summed E-state index contributed by atoms with van der Waals surface area (Å²) >= 11 is 0. The molecule has 1 saturated heterocycles. The van der Waals surface area contributed by atoms with Crippen LogP contribution in [0.5, 0.6) is 0 Å². The van der Waals surface area contributed by atoms with Gasteiger partial charge < -0.3 is 15.1 Å². The van der Waals surface area contributed by atoms with Crippen molar-refractivity contribution < 1.29 is 4.79 Å². The molecule has 0 saturated carbocycles. The summed E-state index contributed by atoms with van der Waals surface area (Å²) < 4.78 is 0. The molecule has 0 unspecified atom stereocenters. The Labute approximate surface area is 86.2 Å². The highest BCUT2D eigenvalue weighted by atomic mass is 16.2. The van der Waals surface area contributed by atoms with Crippen LogP contribution in [0.3, 0.4) is 0 Å². The van der Waals surface area contributed by atoms with Gasteiger partial charge in [0.25, 0.3) is 0 Å². The van der Waals surface area contributed by atoms with E-state index >= 15 is 0 Å². The predicted molar refractivity (Wildman–Crippen MR) is 57.1 cm³/mol. The number of carbonyl (C=O) groups is 1. The average molecular weight is 199 g/mol. The first-order chi connectivity index (χ1) is 6.54.